The Morgan fingerprint density at radius 2 is 1.81 bits per heavy atom. The highest BCUT2D eigenvalue weighted by Gasteiger charge is 2.10. The van der Waals surface area contributed by atoms with Gasteiger partial charge >= 0.3 is 0 Å². The van der Waals surface area contributed by atoms with Gasteiger partial charge in [0.2, 0.25) is 0 Å². The molecule has 0 saturated heterocycles. The fraction of sp³-hybridized carbons (Fsp3) is 0.167. The summed E-state index contributed by atoms with van der Waals surface area (Å²) < 4.78 is 2.20. The number of fused-ring (bicyclic) bond motifs is 1. The van der Waals surface area contributed by atoms with Crippen LogP contribution in [0.2, 0.25) is 0 Å². The minimum Gasteiger partial charge on any atom is -0.345 e. The molecule has 1 aromatic heterocycles. The summed E-state index contributed by atoms with van der Waals surface area (Å²) in [6.45, 7) is 0.839. The first-order chi connectivity index (χ1) is 10.1. The smallest absolute Gasteiger partial charge is 0.253 e. The van der Waals surface area contributed by atoms with Crippen molar-refractivity contribution >= 4 is 16.8 Å². The summed E-state index contributed by atoms with van der Waals surface area (Å²) in [5.74, 6) is 0.0349. The van der Waals surface area contributed by atoms with Crippen molar-refractivity contribution in [1.29, 1.82) is 0 Å². The molecule has 0 saturated carbocycles. The number of nitrogens with zero attached hydrogens (tertiary/aromatic N) is 2. The average Bonchev–Trinajstić information content (AvgIpc) is 2.90. The SMILES string of the molecule is CN(C)C(=O)c1ccc2c(ccn2Cc2ccccc2)c1. The van der Waals surface area contributed by atoms with Gasteiger partial charge in [-0.15, -0.1) is 0 Å². The van der Waals surface area contributed by atoms with Crippen molar-refractivity contribution in [2.24, 2.45) is 0 Å². The predicted octanol–water partition coefficient (Wildman–Crippen LogP) is 3.39. The number of carbonyl (C=O) groups excluding carboxylic acids is 1. The molecule has 3 nitrogen and oxygen atoms in total. The molecule has 3 rings (SSSR count). The van der Waals surface area contributed by atoms with Gasteiger partial charge < -0.3 is 9.47 Å². The van der Waals surface area contributed by atoms with Gasteiger partial charge in [-0.1, -0.05) is 30.3 Å². The summed E-state index contributed by atoms with van der Waals surface area (Å²) in [5.41, 5.74) is 3.14. The third-order valence-electron chi connectivity index (χ3n) is 3.62. The van der Waals surface area contributed by atoms with Crippen molar-refractivity contribution in [1.82, 2.24) is 9.47 Å². The quantitative estimate of drug-likeness (QED) is 0.721. The molecule has 1 amide bonds. The molecule has 106 valence electrons. The second kappa shape index (κ2) is 5.44. The lowest BCUT2D eigenvalue weighted by Gasteiger charge is -2.10. The summed E-state index contributed by atoms with van der Waals surface area (Å²) >= 11 is 0. The van der Waals surface area contributed by atoms with Crippen LogP contribution in [0.25, 0.3) is 10.9 Å². The molecule has 3 aromatic rings. The van der Waals surface area contributed by atoms with E-state index in [1.54, 1.807) is 19.0 Å². The molecule has 2 aromatic carbocycles. The second-order valence-corrected chi connectivity index (χ2v) is 5.40. The predicted molar refractivity (Wildman–Crippen MR) is 85.5 cm³/mol. The van der Waals surface area contributed by atoms with E-state index in [2.05, 4.69) is 41.1 Å². The monoisotopic (exact) mass is 278 g/mol. The zero-order valence-corrected chi connectivity index (χ0v) is 12.3. The van der Waals surface area contributed by atoms with E-state index in [9.17, 15) is 4.79 Å². The van der Waals surface area contributed by atoms with Gasteiger partial charge in [-0.2, -0.15) is 0 Å². The van der Waals surface area contributed by atoms with Crippen LogP contribution in [-0.4, -0.2) is 29.5 Å². The molecule has 21 heavy (non-hydrogen) atoms. The molecule has 0 atom stereocenters. The third-order valence-corrected chi connectivity index (χ3v) is 3.62. The first kappa shape index (κ1) is 13.4. The van der Waals surface area contributed by atoms with E-state index in [-0.39, 0.29) is 5.91 Å². The van der Waals surface area contributed by atoms with E-state index in [4.69, 9.17) is 0 Å². The molecule has 0 aliphatic carbocycles. The Morgan fingerprint density at radius 1 is 1.05 bits per heavy atom. The number of amides is 1. The minimum atomic E-state index is 0.0349. The van der Waals surface area contributed by atoms with Crippen LogP contribution in [0.3, 0.4) is 0 Å². The number of carbonyl (C=O) groups is 1. The number of rotatable bonds is 3. The summed E-state index contributed by atoms with van der Waals surface area (Å²) in [7, 11) is 3.54. The number of aromatic nitrogens is 1. The number of benzene rings is 2. The van der Waals surface area contributed by atoms with Gasteiger partial charge in [0, 0.05) is 43.3 Å². The highest BCUT2D eigenvalue weighted by molar-refractivity contribution is 5.97. The summed E-state index contributed by atoms with van der Waals surface area (Å²) in [6.07, 6.45) is 2.07. The first-order valence-electron chi connectivity index (χ1n) is 6.99. The average molecular weight is 278 g/mol. The van der Waals surface area contributed by atoms with Crippen LogP contribution >= 0.6 is 0 Å². The Balaban J connectivity index is 1.95. The van der Waals surface area contributed by atoms with Crippen molar-refractivity contribution in [3.8, 4) is 0 Å². The molecular formula is C18H18N2O. The Kier molecular flexibility index (Phi) is 3.48. The lowest BCUT2D eigenvalue weighted by molar-refractivity contribution is 0.0828. The van der Waals surface area contributed by atoms with Crippen LogP contribution in [0.1, 0.15) is 15.9 Å². The number of hydrogen-bond donors (Lipinski definition) is 0. The van der Waals surface area contributed by atoms with Crippen molar-refractivity contribution in [2.45, 2.75) is 6.54 Å². The fourth-order valence-electron chi connectivity index (χ4n) is 2.51. The molecule has 1 heterocycles. The van der Waals surface area contributed by atoms with Crippen molar-refractivity contribution < 1.29 is 4.79 Å². The first-order valence-corrected chi connectivity index (χ1v) is 6.99. The fourth-order valence-corrected chi connectivity index (χ4v) is 2.51. The van der Waals surface area contributed by atoms with Gasteiger partial charge in [-0.05, 0) is 29.8 Å². The zero-order valence-electron chi connectivity index (χ0n) is 12.3. The van der Waals surface area contributed by atoms with E-state index in [1.165, 1.54) is 5.56 Å². The Hall–Kier alpha value is -2.55. The van der Waals surface area contributed by atoms with Gasteiger partial charge in [0.15, 0.2) is 0 Å². The van der Waals surface area contributed by atoms with Gasteiger partial charge in [-0.3, -0.25) is 4.79 Å². The molecule has 0 aliphatic heterocycles. The zero-order chi connectivity index (χ0) is 14.8. The van der Waals surface area contributed by atoms with Crippen LogP contribution in [0.15, 0.2) is 60.8 Å². The van der Waals surface area contributed by atoms with Crippen molar-refractivity contribution in [2.75, 3.05) is 14.1 Å². The maximum Gasteiger partial charge on any atom is 0.253 e. The molecular weight excluding hydrogens is 260 g/mol. The largest absolute Gasteiger partial charge is 0.345 e. The van der Waals surface area contributed by atoms with Crippen molar-refractivity contribution in [3.05, 3.63) is 71.9 Å². The van der Waals surface area contributed by atoms with Gasteiger partial charge in [-0.25, -0.2) is 0 Å². The van der Waals surface area contributed by atoms with Gasteiger partial charge in [0.25, 0.3) is 5.91 Å². The molecule has 0 fully saturated rings. The lowest BCUT2D eigenvalue weighted by Crippen LogP contribution is -2.21. The second-order valence-electron chi connectivity index (χ2n) is 5.40. The van der Waals surface area contributed by atoms with E-state index in [1.807, 2.05) is 24.3 Å². The Morgan fingerprint density at radius 3 is 2.52 bits per heavy atom. The summed E-state index contributed by atoms with van der Waals surface area (Å²) in [5, 5.41) is 1.10. The molecule has 0 spiro atoms. The summed E-state index contributed by atoms with van der Waals surface area (Å²) in [6, 6.07) is 18.3. The van der Waals surface area contributed by atoms with Crippen LogP contribution in [0, 0.1) is 0 Å². The maximum absolute atomic E-state index is 12.0. The maximum atomic E-state index is 12.0. The van der Waals surface area contributed by atoms with E-state index in [0.29, 0.717) is 0 Å². The van der Waals surface area contributed by atoms with Crippen LogP contribution in [0.5, 0.6) is 0 Å². The molecule has 3 heteroatoms. The van der Waals surface area contributed by atoms with Gasteiger partial charge in [0.1, 0.15) is 0 Å². The van der Waals surface area contributed by atoms with Crippen LogP contribution in [-0.2, 0) is 6.54 Å². The molecule has 0 unspecified atom stereocenters. The third kappa shape index (κ3) is 2.68. The lowest BCUT2D eigenvalue weighted by atomic mass is 10.1. The van der Waals surface area contributed by atoms with E-state index < -0.39 is 0 Å². The van der Waals surface area contributed by atoms with Crippen molar-refractivity contribution in [3.63, 3.8) is 0 Å². The minimum absolute atomic E-state index is 0.0349. The molecule has 0 bridgehead atoms. The molecule has 0 aliphatic rings. The molecule has 0 N–H and O–H groups in total. The molecule has 0 radical (unpaired) electrons. The highest BCUT2D eigenvalue weighted by atomic mass is 16.2. The highest BCUT2D eigenvalue weighted by Crippen LogP contribution is 2.19. The van der Waals surface area contributed by atoms with Gasteiger partial charge in [0.05, 0.1) is 0 Å². The van der Waals surface area contributed by atoms with Crippen LogP contribution in [0.4, 0.5) is 0 Å². The topological polar surface area (TPSA) is 25.2 Å². The normalized spacial score (nSPS) is 10.8. The Labute approximate surface area is 124 Å². The van der Waals surface area contributed by atoms with Crippen LogP contribution < -0.4 is 0 Å². The van der Waals surface area contributed by atoms with E-state index >= 15 is 0 Å². The number of hydrogen-bond acceptors (Lipinski definition) is 1. The standard InChI is InChI=1S/C18H18N2O/c1-19(2)18(21)16-8-9-17-15(12-16)10-11-20(17)13-14-6-4-3-5-7-14/h3-12H,13H2,1-2H3. The summed E-state index contributed by atoms with van der Waals surface area (Å²) in [4.78, 5) is 13.6. The van der Waals surface area contributed by atoms with E-state index in [0.717, 1.165) is 23.0 Å². The Bertz CT molecular complexity index is 772.